The Labute approximate surface area is 164 Å². The monoisotopic (exact) mass is 401 g/mol. The van der Waals surface area contributed by atoms with Crippen LogP contribution in [-0.4, -0.2) is 20.8 Å². The molecule has 0 saturated heterocycles. The fraction of sp³-hybridized carbons (Fsp3) is 0.105. The lowest BCUT2D eigenvalue weighted by molar-refractivity contribution is 0.0702. The van der Waals surface area contributed by atoms with Crippen LogP contribution in [0.15, 0.2) is 63.8 Å². The number of oxazole rings is 1. The van der Waals surface area contributed by atoms with E-state index in [1.165, 1.54) is 6.20 Å². The first-order chi connectivity index (χ1) is 13.1. The Morgan fingerprint density at radius 2 is 2.00 bits per heavy atom. The summed E-state index contributed by atoms with van der Waals surface area (Å²) in [6, 6.07) is 11.9. The number of rotatable bonds is 5. The molecule has 136 valence electrons. The third kappa shape index (κ3) is 3.97. The van der Waals surface area contributed by atoms with Gasteiger partial charge in [-0.25, -0.2) is 9.97 Å². The molecule has 0 aliphatic heterocycles. The second kappa shape index (κ2) is 7.42. The summed E-state index contributed by atoms with van der Waals surface area (Å²) in [5.74, 6) is 0.800. The summed E-state index contributed by atoms with van der Waals surface area (Å²) in [6.07, 6.45) is 2.99. The number of benzene rings is 1. The van der Waals surface area contributed by atoms with E-state index in [1.54, 1.807) is 53.6 Å². The standard InChI is InChI=1S/C19H13Cl2N3O3/c20-13-4-5-16-15(8-13)23-18(27-16)11-24(10-14-2-1-7-26-14)19(25)12-3-6-17(21)22-9-12/h1-9H,10-11H2. The summed E-state index contributed by atoms with van der Waals surface area (Å²) in [7, 11) is 0. The molecule has 0 atom stereocenters. The molecule has 0 N–H and O–H groups in total. The van der Waals surface area contributed by atoms with E-state index in [2.05, 4.69) is 9.97 Å². The molecule has 0 saturated carbocycles. The van der Waals surface area contributed by atoms with Crippen molar-refractivity contribution in [3.05, 3.63) is 82.3 Å². The van der Waals surface area contributed by atoms with Gasteiger partial charge in [-0.2, -0.15) is 0 Å². The predicted octanol–water partition coefficient (Wildman–Crippen LogP) is 4.97. The average molecular weight is 402 g/mol. The van der Waals surface area contributed by atoms with Crippen molar-refractivity contribution in [1.82, 2.24) is 14.9 Å². The Morgan fingerprint density at radius 3 is 2.74 bits per heavy atom. The van der Waals surface area contributed by atoms with E-state index in [-0.39, 0.29) is 19.0 Å². The number of fused-ring (bicyclic) bond motifs is 1. The van der Waals surface area contributed by atoms with Gasteiger partial charge in [0, 0.05) is 11.2 Å². The Hall–Kier alpha value is -2.83. The highest BCUT2D eigenvalue weighted by Gasteiger charge is 2.21. The van der Waals surface area contributed by atoms with Crippen molar-refractivity contribution >= 4 is 40.2 Å². The van der Waals surface area contributed by atoms with Crippen molar-refractivity contribution in [2.24, 2.45) is 0 Å². The third-order valence-corrected chi connectivity index (χ3v) is 4.37. The van der Waals surface area contributed by atoms with Crippen molar-refractivity contribution in [3.8, 4) is 0 Å². The molecule has 1 amide bonds. The molecule has 4 rings (SSSR count). The highest BCUT2D eigenvalue weighted by atomic mass is 35.5. The quantitative estimate of drug-likeness (QED) is 0.441. The van der Waals surface area contributed by atoms with Gasteiger partial charge in [0.25, 0.3) is 5.91 Å². The molecule has 1 aromatic carbocycles. The number of furan rings is 1. The maximum Gasteiger partial charge on any atom is 0.256 e. The number of carbonyl (C=O) groups excluding carboxylic acids is 1. The number of carbonyl (C=O) groups is 1. The van der Waals surface area contributed by atoms with Crippen LogP contribution in [0, 0.1) is 0 Å². The van der Waals surface area contributed by atoms with Crippen molar-refractivity contribution in [3.63, 3.8) is 0 Å². The summed E-state index contributed by atoms with van der Waals surface area (Å²) in [5, 5.41) is 0.887. The molecule has 0 radical (unpaired) electrons. The number of nitrogens with zero attached hydrogens (tertiary/aromatic N) is 3. The van der Waals surface area contributed by atoms with Gasteiger partial charge in [0.2, 0.25) is 5.89 Å². The number of pyridine rings is 1. The lowest BCUT2D eigenvalue weighted by Gasteiger charge is -2.20. The minimum absolute atomic E-state index is 0.161. The van der Waals surface area contributed by atoms with Gasteiger partial charge in [-0.05, 0) is 42.5 Å². The van der Waals surface area contributed by atoms with Gasteiger partial charge in [-0.3, -0.25) is 4.79 Å². The first-order valence-electron chi connectivity index (χ1n) is 8.07. The molecule has 3 aromatic heterocycles. The van der Waals surface area contributed by atoms with Gasteiger partial charge < -0.3 is 13.7 Å². The summed E-state index contributed by atoms with van der Waals surface area (Å²) < 4.78 is 11.1. The fourth-order valence-corrected chi connectivity index (χ4v) is 2.93. The predicted molar refractivity (Wildman–Crippen MR) is 101 cm³/mol. The maximum atomic E-state index is 13.0. The van der Waals surface area contributed by atoms with E-state index in [4.69, 9.17) is 32.0 Å². The SMILES string of the molecule is O=C(c1ccc(Cl)nc1)N(Cc1ccco1)Cc1nc2cc(Cl)ccc2o1. The number of amides is 1. The van der Waals surface area contributed by atoms with E-state index >= 15 is 0 Å². The molecule has 0 aliphatic carbocycles. The second-order valence-electron chi connectivity index (χ2n) is 5.83. The molecule has 27 heavy (non-hydrogen) atoms. The Morgan fingerprint density at radius 1 is 1.11 bits per heavy atom. The molecular weight excluding hydrogens is 389 g/mol. The average Bonchev–Trinajstić information content (AvgIpc) is 3.30. The van der Waals surface area contributed by atoms with Crippen LogP contribution >= 0.6 is 23.2 Å². The highest BCUT2D eigenvalue weighted by molar-refractivity contribution is 6.31. The topological polar surface area (TPSA) is 72.4 Å². The molecular formula is C19H13Cl2N3O3. The Bertz CT molecular complexity index is 1080. The van der Waals surface area contributed by atoms with Crippen LogP contribution in [0.2, 0.25) is 10.2 Å². The normalized spacial score (nSPS) is 11.0. The largest absolute Gasteiger partial charge is 0.467 e. The first-order valence-corrected chi connectivity index (χ1v) is 8.82. The van der Waals surface area contributed by atoms with Crippen LogP contribution in [0.5, 0.6) is 0 Å². The van der Waals surface area contributed by atoms with Crippen molar-refractivity contribution in [1.29, 1.82) is 0 Å². The fourth-order valence-electron chi connectivity index (χ4n) is 2.65. The van der Waals surface area contributed by atoms with Crippen LogP contribution in [0.1, 0.15) is 22.0 Å². The summed E-state index contributed by atoms with van der Waals surface area (Å²) in [5.41, 5.74) is 1.65. The van der Waals surface area contributed by atoms with Gasteiger partial charge in [-0.15, -0.1) is 0 Å². The lowest BCUT2D eigenvalue weighted by Crippen LogP contribution is -2.30. The second-order valence-corrected chi connectivity index (χ2v) is 6.65. The van der Waals surface area contributed by atoms with E-state index in [0.29, 0.717) is 38.5 Å². The number of aromatic nitrogens is 2. The van der Waals surface area contributed by atoms with Crippen LogP contribution in [0.3, 0.4) is 0 Å². The smallest absolute Gasteiger partial charge is 0.256 e. The van der Waals surface area contributed by atoms with Crippen molar-refractivity contribution in [2.45, 2.75) is 13.1 Å². The highest BCUT2D eigenvalue weighted by Crippen LogP contribution is 2.22. The number of hydrogen-bond donors (Lipinski definition) is 0. The molecule has 4 aromatic rings. The van der Waals surface area contributed by atoms with E-state index in [1.807, 2.05) is 0 Å². The minimum atomic E-state index is -0.240. The molecule has 0 spiro atoms. The Balaban J connectivity index is 1.63. The first kappa shape index (κ1) is 17.6. The molecule has 8 heteroatoms. The number of halogens is 2. The molecule has 6 nitrogen and oxygen atoms in total. The zero-order chi connectivity index (χ0) is 18.8. The van der Waals surface area contributed by atoms with Gasteiger partial charge in [0.05, 0.1) is 24.9 Å². The maximum absolute atomic E-state index is 13.0. The minimum Gasteiger partial charge on any atom is -0.467 e. The van der Waals surface area contributed by atoms with Gasteiger partial charge in [-0.1, -0.05) is 23.2 Å². The van der Waals surface area contributed by atoms with Crippen molar-refractivity contribution in [2.75, 3.05) is 0 Å². The molecule has 0 fully saturated rings. The van der Waals surface area contributed by atoms with E-state index in [9.17, 15) is 4.79 Å². The van der Waals surface area contributed by atoms with Crippen LogP contribution in [-0.2, 0) is 13.1 Å². The van der Waals surface area contributed by atoms with Gasteiger partial charge in [0.1, 0.15) is 16.4 Å². The van der Waals surface area contributed by atoms with Crippen LogP contribution < -0.4 is 0 Å². The molecule has 3 heterocycles. The zero-order valence-electron chi connectivity index (χ0n) is 13.9. The van der Waals surface area contributed by atoms with Crippen LogP contribution in [0.25, 0.3) is 11.1 Å². The van der Waals surface area contributed by atoms with Gasteiger partial charge in [0.15, 0.2) is 5.58 Å². The zero-order valence-corrected chi connectivity index (χ0v) is 15.4. The van der Waals surface area contributed by atoms with E-state index < -0.39 is 0 Å². The molecule has 0 unspecified atom stereocenters. The lowest BCUT2D eigenvalue weighted by atomic mass is 10.2. The summed E-state index contributed by atoms with van der Waals surface area (Å²) in [4.78, 5) is 22.9. The molecule has 0 aliphatic rings. The molecule has 0 bridgehead atoms. The summed E-state index contributed by atoms with van der Waals surface area (Å²) in [6.45, 7) is 0.419. The van der Waals surface area contributed by atoms with Crippen LogP contribution in [0.4, 0.5) is 0 Å². The van der Waals surface area contributed by atoms with Crippen molar-refractivity contribution < 1.29 is 13.6 Å². The van der Waals surface area contributed by atoms with Gasteiger partial charge >= 0.3 is 0 Å². The summed E-state index contributed by atoms with van der Waals surface area (Å²) >= 11 is 11.8. The third-order valence-electron chi connectivity index (χ3n) is 3.91. The van der Waals surface area contributed by atoms with E-state index in [0.717, 1.165) is 0 Å². The Kier molecular flexibility index (Phi) is 4.83. The number of hydrogen-bond acceptors (Lipinski definition) is 5.